The van der Waals surface area contributed by atoms with E-state index in [1.54, 1.807) is 0 Å². The Labute approximate surface area is 131 Å². The van der Waals surface area contributed by atoms with E-state index in [1.165, 1.54) is 30.3 Å². The Bertz CT molecular complexity index is 615. The van der Waals surface area contributed by atoms with Gasteiger partial charge < -0.3 is 9.30 Å². The summed E-state index contributed by atoms with van der Waals surface area (Å²) in [5.41, 5.74) is 3.48. The number of aryl methyl sites for hydroxylation is 2. The van der Waals surface area contributed by atoms with Crippen molar-refractivity contribution >= 4 is 22.6 Å². The van der Waals surface area contributed by atoms with Crippen LogP contribution in [0.15, 0.2) is 18.2 Å². The van der Waals surface area contributed by atoms with Gasteiger partial charge in [0, 0.05) is 13.2 Å². The monoisotopic (exact) mass is 306 g/mol. The number of fused-ring (bicyclic) bond motifs is 1. The highest BCUT2D eigenvalue weighted by atomic mass is 35.5. The molecule has 2 aromatic rings. The van der Waals surface area contributed by atoms with Gasteiger partial charge in [-0.1, -0.05) is 6.07 Å². The Morgan fingerprint density at radius 1 is 1.43 bits per heavy atom. The second-order valence-corrected chi connectivity index (χ2v) is 6.66. The zero-order chi connectivity index (χ0) is 14.8. The van der Waals surface area contributed by atoms with Crippen LogP contribution in [0.4, 0.5) is 0 Å². The lowest BCUT2D eigenvalue weighted by Crippen LogP contribution is -2.21. The number of nitrogens with zero attached hydrogens (tertiary/aromatic N) is 2. The van der Waals surface area contributed by atoms with Gasteiger partial charge in [-0.05, 0) is 57.2 Å². The molecule has 1 fully saturated rings. The topological polar surface area (TPSA) is 27.1 Å². The SMILES string of the molecule is Cc1ccc2nc(C(C)Cl)n(CCC3CCCCO3)c2c1. The Balaban J connectivity index is 1.87. The molecular weight excluding hydrogens is 284 g/mol. The highest BCUT2D eigenvalue weighted by molar-refractivity contribution is 6.20. The van der Waals surface area contributed by atoms with Crippen molar-refractivity contribution < 1.29 is 4.74 Å². The molecule has 0 spiro atoms. The summed E-state index contributed by atoms with van der Waals surface area (Å²) in [7, 11) is 0. The predicted octanol–water partition coefficient (Wildman–Crippen LogP) is 4.60. The summed E-state index contributed by atoms with van der Waals surface area (Å²) < 4.78 is 8.12. The summed E-state index contributed by atoms with van der Waals surface area (Å²) in [4.78, 5) is 4.71. The average molecular weight is 307 g/mol. The second-order valence-electron chi connectivity index (χ2n) is 6.01. The highest BCUT2D eigenvalue weighted by Gasteiger charge is 2.18. The van der Waals surface area contributed by atoms with Crippen molar-refractivity contribution in [1.29, 1.82) is 0 Å². The average Bonchev–Trinajstić information content (AvgIpc) is 2.84. The first-order chi connectivity index (χ1) is 10.1. The lowest BCUT2D eigenvalue weighted by molar-refractivity contribution is 0.00886. The summed E-state index contributed by atoms with van der Waals surface area (Å²) in [6.07, 6.45) is 5.09. The van der Waals surface area contributed by atoms with Crippen molar-refractivity contribution in [3.63, 3.8) is 0 Å². The molecule has 21 heavy (non-hydrogen) atoms. The number of aromatic nitrogens is 2. The van der Waals surface area contributed by atoms with Gasteiger partial charge in [-0.15, -0.1) is 11.6 Å². The molecule has 1 aliphatic heterocycles. The summed E-state index contributed by atoms with van der Waals surface area (Å²) >= 11 is 6.33. The third kappa shape index (κ3) is 3.24. The molecule has 1 saturated heterocycles. The number of halogens is 1. The lowest BCUT2D eigenvalue weighted by Gasteiger charge is -2.23. The molecule has 0 aliphatic carbocycles. The smallest absolute Gasteiger partial charge is 0.127 e. The maximum atomic E-state index is 6.33. The molecule has 2 atom stereocenters. The summed E-state index contributed by atoms with van der Waals surface area (Å²) in [5.74, 6) is 0.966. The molecule has 0 N–H and O–H groups in total. The highest BCUT2D eigenvalue weighted by Crippen LogP contribution is 2.26. The first-order valence-corrected chi connectivity index (χ1v) is 8.31. The Hall–Kier alpha value is -1.06. The van der Waals surface area contributed by atoms with E-state index in [0.29, 0.717) is 6.10 Å². The van der Waals surface area contributed by atoms with Gasteiger partial charge in [0.2, 0.25) is 0 Å². The third-order valence-electron chi connectivity index (χ3n) is 4.24. The van der Waals surface area contributed by atoms with Crippen LogP contribution in [0, 0.1) is 6.92 Å². The Morgan fingerprint density at radius 2 is 2.29 bits per heavy atom. The zero-order valence-electron chi connectivity index (χ0n) is 12.8. The normalized spacial score (nSPS) is 20.8. The molecule has 3 rings (SSSR count). The standard InChI is InChI=1S/C17H23ClN2O/c1-12-6-7-15-16(11-12)20(17(19-15)13(2)18)9-8-14-5-3-4-10-21-14/h6-7,11,13-14H,3-5,8-10H2,1-2H3. The van der Waals surface area contributed by atoms with E-state index in [9.17, 15) is 0 Å². The molecule has 0 bridgehead atoms. The number of hydrogen-bond acceptors (Lipinski definition) is 2. The molecule has 1 aromatic carbocycles. The van der Waals surface area contributed by atoms with Crippen molar-refractivity contribution in [3.05, 3.63) is 29.6 Å². The fraction of sp³-hybridized carbons (Fsp3) is 0.588. The molecule has 3 nitrogen and oxygen atoms in total. The number of imidazole rings is 1. The van der Waals surface area contributed by atoms with Gasteiger partial charge in [-0.2, -0.15) is 0 Å². The minimum Gasteiger partial charge on any atom is -0.378 e. The van der Waals surface area contributed by atoms with Crippen LogP contribution in [0.1, 0.15) is 49.4 Å². The van der Waals surface area contributed by atoms with E-state index in [4.69, 9.17) is 21.3 Å². The van der Waals surface area contributed by atoms with Gasteiger partial charge in [-0.3, -0.25) is 0 Å². The number of hydrogen-bond donors (Lipinski definition) is 0. The maximum absolute atomic E-state index is 6.33. The Kier molecular flexibility index (Phi) is 4.51. The van der Waals surface area contributed by atoms with Gasteiger partial charge in [0.25, 0.3) is 0 Å². The third-order valence-corrected chi connectivity index (χ3v) is 4.43. The molecule has 0 amide bonds. The van der Waals surface area contributed by atoms with E-state index >= 15 is 0 Å². The van der Waals surface area contributed by atoms with Crippen molar-refractivity contribution in [2.45, 2.75) is 57.6 Å². The molecule has 1 aliphatic rings. The van der Waals surface area contributed by atoms with Gasteiger partial charge in [0.1, 0.15) is 5.82 Å². The van der Waals surface area contributed by atoms with Crippen LogP contribution in [0.5, 0.6) is 0 Å². The second kappa shape index (κ2) is 6.37. The zero-order valence-corrected chi connectivity index (χ0v) is 13.6. The quantitative estimate of drug-likeness (QED) is 0.772. The van der Waals surface area contributed by atoms with Crippen LogP contribution in [-0.2, 0) is 11.3 Å². The molecule has 1 aromatic heterocycles. The number of alkyl halides is 1. The van der Waals surface area contributed by atoms with Gasteiger partial charge in [0.15, 0.2) is 0 Å². The van der Waals surface area contributed by atoms with Crippen molar-refractivity contribution in [2.75, 3.05) is 6.61 Å². The molecule has 114 valence electrons. The van der Waals surface area contributed by atoms with Gasteiger partial charge >= 0.3 is 0 Å². The first-order valence-electron chi connectivity index (χ1n) is 7.87. The largest absolute Gasteiger partial charge is 0.378 e. The number of ether oxygens (including phenoxy) is 1. The minimum atomic E-state index is -0.0787. The molecule has 0 saturated carbocycles. The summed E-state index contributed by atoms with van der Waals surface area (Å²) in [5, 5.41) is -0.0787. The lowest BCUT2D eigenvalue weighted by atomic mass is 10.1. The van der Waals surface area contributed by atoms with Crippen LogP contribution in [0.3, 0.4) is 0 Å². The van der Waals surface area contributed by atoms with E-state index in [2.05, 4.69) is 29.7 Å². The molecule has 0 radical (unpaired) electrons. The van der Waals surface area contributed by atoms with Crippen molar-refractivity contribution in [1.82, 2.24) is 9.55 Å². The van der Waals surface area contributed by atoms with Gasteiger partial charge in [-0.25, -0.2) is 4.98 Å². The van der Waals surface area contributed by atoms with Crippen LogP contribution >= 0.6 is 11.6 Å². The van der Waals surface area contributed by atoms with E-state index < -0.39 is 0 Å². The predicted molar refractivity (Wildman–Crippen MR) is 86.9 cm³/mol. The molecule has 2 unspecified atom stereocenters. The van der Waals surface area contributed by atoms with E-state index in [-0.39, 0.29) is 5.38 Å². The molecular formula is C17H23ClN2O. The van der Waals surface area contributed by atoms with Crippen LogP contribution in [0.2, 0.25) is 0 Å². The van der Waals surface area contributed by atoms with Crippen LogP contribution in [-0.4, -0.2) is 22.3 Å². The fourth-order valence-corrected chi connectivity index (χ4v) is 3.26. The summed E-state index contributed by atoms with van der Waals surface area (Å²) in [6.45, 7) is 5.94. The maximum Gasteiger partial charge on any atom is 0.127 e. The van der Waals surface area contributed by atoms with Crippen LogP contribution in [0.25, 0.3) is 11.0 Å². The van der Waals surface area contributed by atoms with E-state index in [0.717, 1.165) is 30.9 Å². The summed E-state index contributed by atoms with van der Waals surface area (Å²) in [6, 6.07) is 6.39. The Morgan fingerprint density at radius 3 is 3.00 bits per heavy atom. The number of rotatable bonds is 4. The molecule has 2 heterocycles. The van der Waals surface area contributed by atoms with Crippen molar-refractivity contribution in [3.8, 4) is 0 Å². The molecule has 4 heteroatoms. The minimum absolute atomic E-state index is 0.0787. The van der Waals surface area contributed by atoms with E-state index in [1.807, 2.05) is 6.92 Å². The fourth-order valence-electron chi connectivity index (χ4n) is 3.10. The van der Waals surface area contributed by atoms with Gasteiger partial charge in [0.05, 0.1) is 22.5 Å². The first kappa shape index (κ1) is 14.9. The van der Waals surface area contributed by atoms with Crippen molar-refractivity contribution in [2.24, 2.45) is 0 Å². The number of benzene rings is 1. The van der Waals surface area contributed by atoms with Crippen LogP contribution < -0.4 is 0 Å².